The summed E-state index contributed by atoms with van der Waals surface area (Å²) in [6.07, 6.45) is 5.72. The van der Waals surface area contributed by atoms with Gasteiger partial charge in [0.2, 0.25) is 11.3 Å². The third kappa shape index (κ3) is 1.87. The fourth-order valence-corrected chi connectivity index (χ4v) is 5.40. The van der Waals surface area contributed by atoms with Crippen molar-refractivity contribution in [2.24, 2.45) is 11.1 Å². The van der Waals surface area contributed by atoms with E-state index in [-0.39, 0.29) is 5.92 Å². The van der Waals surface area contributed by atoms with E-state index >= 15 is 0 Å². The maximum Gasteiger partial charge on any atom is 0.273 e. The SMILES string of the molecule is O/N=C1\CCCC2=[N+](O)C3(N4CCOCC4)CCCCC3C21O. The van der Waals surface area contributed by atoms with Gasteiger partial charge in [-0.1, -0.05) is 11.6 Å². The van der Waals surface area contributed by atoms with Gasteiger partial charge >= 0.3 is 0 Å². The summed E-state index contributed by atoms with van der Waals surface area (Å²) in [4.78, 5) is 2.28. The number of aliphatic hydroxyl groups is 1. The number of hydrogen-bond acceptors (Lipinski definition) is 6. The first-order chi connectivity index (χ1) is 11.2. The van der Waals surface area contributed by atoms with Gasteiger partial charge in [-0.05, 0) is 30.4 Å². The second-order valence-corrected chi connectivity index (χ2v) is 7.20. The van der Waals surface area contributed by atoms with Crippen molar-refractivity contribution in [2.45, 2.75) is 56.2 Å². The molecule has 3 unspecified atom stereocenters. The minimum Gasteiger partial charge on any atom is -0.411 e. The predicted molar refractivity (Wildman–Crippen MR) is 82.2 cm³/mol. The van der Waals surface area contributed by atoms with Crippen LogP contribution >= 0.6 is 0 Å². The number of rotatable bonds is 1. The lowest BCUT2D eigenvalue weighted by atomic mass is 9.65. The molecule has 3 N–H and O–H groups in total. The number of fused-ring (bicyclic) bond motifs is 3. The standard InChI is InChI=1S/C16H25N3O4/c20-16-12-4-1-2-7-15(12,18-8-10-23-11-9-18)19(22)14(16)6-3-5-13(16)17-21/h12,20H,1-11H2,(H-,21,22)/p+1/b17-13+. The van der Waals surface area contributed by atoms with Gasteiger partial charge in [0.25, 0.3) is 5.66 Å². The largest absolute Gasteiger partial charge is 0.411 e. The zero-order valence-electron chi connectivity index (χ0n) is 13.4. The zero-order chi connectivity index (χ0) is 16.1. The highest BCUT2D eigenvalue weighted by Crippen LogP contribution is 2.52. The molecular weight excluding hydrogens is 298 g/mol. The van der Waals surface area contributed by atoms with E-state index in [9.17, 15) is 15.5 Å². The van der Waals surface area contributed by atoms with Crippen molar-refractivity contribution >= 4 is 11.4 Å². The summed E-state index contributed by atoms with van der Waals surface area (Å²) >= 11 is 0. The fraction of sp³-hybridized carbons (Fsp3) is 0.875. The van der Waals surface area contributed by atoms with Crippen molar-refractivity contribution in [3.63, 3.8) is 0 Å². The van der Waals surface area contributed by atoms with Crippen LogP contribution in [0, 0.1) is 5.92 Å². The molecule has 2 heterocycles. The Morgan fingerprint density at radius 3 is 2.70 bits per heavy atom. The molecule has 0 spiro atoms. The van der Waals surface area contributed by atoms with Gasteiger partial charge in [0.15, 0.2) is 0 Å². The second-order valence-electron chi connectivity index (χ2n) is 7.20. The van der Waals surface area contributed by atoms with E-state index in [0.717, 1.165) is 45.2 Å². The van der Waals surface area contributed by atoms with Gasteiger partial charge in [0.1, 0.15) is 0 Å². The molecule has 3 fully saturated rings. The Morgan fingerprint density at radius 1 is 1.17 bits per heavy atom. The van der Waals surface area contributed by atoms with E-state index in [4.69, 9.17) is 4.74 Å². The number of oxime groups is 1. The number of ether oxygens (including phenoxy) is 1. The van der Waals surface area contributed by atoms with Crippen LogP contribution in [0.3, 0.4) is 0 Å². The molecule has 7 heteroatoms. The van der Waals surface area contributed by atoms with Crippen LogP contribution in [0.25, 0.3) is 0 Å². The van der Waals surface area contributed by atoms with Crippen molar-refractivity contribution in [1.29, 1.82) is 0 Å². The van der Waals surface area contributed by atoms with Crippen LogP contribution in [0.15, 0.2) is 5.16 Å². The molecule has 0 aromatic carbocycles. The molecule has 0 radical (unpaired) electrons. The molecular formula is C16H26N3O4+. The maximum atomic E-state index is 11.5. The molecule has 128 valence electrons. The van der Waals surface area contributed by atoms with Gasteiger partial charge in [0.05, 0.1) is 24.8 Å². The molecule has 2 saturated carbocycles. The summed E-state index contributed by atoms with van der Waals surface area (Å²) in [6, 6.07) is 0. The molecule has 23 heavy (non-hydrogen) atoms. The van der Waals surface area contributed by atoms with Crippen LogP contribution in [0.5, 0.6) is 0 Å². The van der Waals surface area contributed by atoms with E-state index in [1.165, 1.54) is 4.74 Å². The van der Waals surface area contributed by atoms with Crippen LogP contribution < -0.4 is 0 Å². The van der Waals surface area contributed by atoms with Gasteiger partial charge in [0, 0.05) is 25.9 Å². The summed E-state index contributed by atoms with van der Waals surface area (Å²) in [5.74, 6) is -0.159. The summed E-state index contributed by atoms with van der Waals surface area (Å²) < 4.78 is 6.84. The number of morpholine rings is 1. The zero-order valence-corrected chi connectivity index (χ0v) is 13.4. The quantitative estimate of drug-likeness (QED) is 0.377. The summed E-state index contributed by atoms with van der Waals surface area (Å²) in [6.45, 7) is 2.80. The molecule has 0 amide bonds. The molecule has 0 aromatic rings. The first-order valence-corrected chi connectivity index (χ1v) is 8.77. The highest BCUT2D eigenvalue weighted by atomic mass is 16.5. The van der Waals surface area contributed by atoms with Crippen LogP contribution in [0.1, 0.15) is 44.9 Å². The van der Waals surface area contributed by atoms with Crippen LogP contribution in [0.4, 0.5) is 0 Å². The molecule has 4 rings (SSSR count). The Bertz CT molecular complexity index is 558. The van der Waals surface area contributed by atoms with Crippen LogP contribution in [0.2, 0.25) is 0 Å². The Labute approximate surface area is 135 Å². The molecule has 1 saturated heterocycles. The number of nitrogens with zero attached hydrogens (tertiary/aromatic N) is 3. The van der Waals surface area contributed by atoms with E-state index in [1.807, 2.05) is 0 Å². The third-order valence-electron chi connectivity index (χ3n) is 6.36. The molecule has 0 bridgehead atoms. The van der Waals surface area contributed by atoms with Gasteiger partial charge < -0.3 is 15.1 Å². The lowest BCUT2D eigenvalue weighted by Crippen LogP contribution is -2.65. The van der Waals surface area contributed by atoms with Crippen molar-refractivity contribution in [1.82, 2.24) is 4.90 Å². The third-order valence-corrected chi connectivity index (χ3v) is 6.36. The Morgan fingerprint density at radius 2 is 1.96 bits per heavy atom. The average molecular weight is 324 g/mol. The minimum absolute atomic E-state index is 0.159. The topological polar surface area (TPSA) is 88.5 Å². The molecule has 4 aliphatic rings. The Hall–Kier alpha value is -1.18. The highest BCUT2D eigenvalue weighted by Gasteiger charge is 2.74. The van der Waals surface area contributed by atoms with Gasteiger partial charge in [-0.15, -0.1) is 0 Å². The number of hydrogen-bond donors (Lipinski definition) is 3. The summed E-state index contributed by atoms with van der Waals surface area (Å²) in [5.41, 5.74) is -0.859. The molecule has 2 aliphatic carbocycles. The van der Waals surface area contributed by atoms with E-state index in [1.54, 1.807) is 0 Å². The number of hydroxylamine groups is 1. The Kier molecular flexibility index (Phi) is 3.62. The summed E-state index contributed by atoms with van der Waals surface area (Å²) in [5, 5.41) is 35.5. The van der Waals surface area contributed by atoms with Gasteiger partial charge in [-0.3, -0.25) is 5.21 Å². The summed E-state index contributed by atoms with van der Waals surface area (Å²) in [7, 11) is 0. The van der Waals surface area contributed by atoms with Crippen molar-refractivity contribution in [2.75, 3.05) is 26.3 Å². The maximum absolute atomic E-state index is 11.5. The van der Waals surface area contributed by atoms with Crippen molar-refractivity contribution < 1.29 is 25.0 Å². The lowest BCUT2D eigenvalue weighted by Gasteiger charge is -2.45. The van der Waals surface area contributed by atoms with E-state index in [0.29, 0.717) is 37.5 Å². The molecule has 2 aliphatic heterocycles. The van der Waals surface area contributed by atoms with Crippen molar-refractivity contribution in [3.05, 3.63) is 0 Å². The van der Waals surface area contributed by atoms with E-state index in [2.05, 4.69) is 10.1 Å². The van der Waals surface area contributed by atoms with Gasteiger partial charge in [-0.25, -0.2) is 4.90 Å². The smallest absolute Gasteiger partial charge is 0.273 e. The predicted octanol–water partition coefficient (Wildman–Crippen LogP) is 0.807. The normalized spacial score (nSPS) is 43.5. The highest BCUT2D eigenvalue weighted by molar-refractivity contribution is 6.15. The Balaban J connectivity index is 1.85. The van der Waals surface area contributed by atoms with Crippen LogP contribution in [-0.4, -0.2) is 74.2 Å². The fourth-order valence-electron chi connectivity index (χ4n) is 5.40. The average Bonchev–Trinajstić information content (AvgIpc) is 2.82. The monoisotopic (exact) mass is 324 g/mol. The molecule has 3 atom stereocenters. The van der Waals surface area contributed by atoms with Gasteiger partial charge in [-0.2, -0.15) is 0 Å². The van der Waals surface area contributed by atoms with Crippen molar-refractivity contribution in [3.8, 4) is 0 Å². The van der Waals surface area contributed by atoms with Crippen LogP contribution in [-0.2, 0) is 4.74 Å². The molecule has 0 aromatic heterocycles. The lowest BCUT2D eigenvalue weighted by molar-refractivity contribution is -0.844. The molecule has 7 nitrogen and oxygen atoms in total. The first kappa shape index (κ1) is 15.4. The minimum atomic E-state index is -1.31. The second kappa shape index (κ2) is 5.43. The first-order valence-electron chi connectivity index (χ1n) is 8.77. The van der Waals surface area contributed by atoms with E-state index < -0.39 is 11.3 Å².